The first-order valence-electron chi connectivity index (χ1n) is 7.73. The van der Waals surface area contributed by atoms with Crippen LogP contribution in [0, 0.1) is 0 Å². The van der Waals surface area contributed by atoms with Crippen molar-refractivity contribution in [3.8, 4) is 0 Å². The highest BCUT2D eigenvalue weighted by atomic mass is 16.3. The second kappa shape index (κ2) is 6.47. The van der Waals surface area contributed by atoms with Crippen molar-refractivity contribution >= 4 is 11.8 Å². The number of nitrogens with zero attached hydrogens (tertiary/aromatic N) is 3. The predicted octanol–water partition coefficient (Wildman–Crippen LogP) is 2.62. The Morgan fingerprint density at radius 1 is 1.57 bits per heavy atom. The lowest BCUT2D eigenvalue weighted by molar-refractivity contribution is 0.0261. The van der Waals surface area contributed by atoms with Crippen LogP contribution in [0.1, 0.15) is 52.0 Å². The van der Waals surface area contributed by atoms with Gasteiger partial charge in [0.15, 0.2) is 0 Å². The monoisotopic (exact) mass is 294 g/mol. The van der Waals surface area contributed by atoms with E-state index in [1.165, 1.54) is 0 Å². The molecule has 1 saturated carbocycles. The number of likely N-dealkylation sites (N-methyl/N-ethyl adjacent to an activating group) is 1. The van der Waals surface area contributed by atoms with E-state index in [4.69, 9.17) is 0 Å². The maximum absolute atomic E-state index is 12.3. The minimum atomic E-state index is -0.719. The fraction of sp³-hybridized carbons (Fsp3) is 0.733. The van der Waals surface area contributed by atoms with Gasteiger partial charge in [-0.1, -0.05) is 19.8 Å². The molecule has 1 aliphatic carbocycles. The average molecular weight is 294 g/mol. The Morgan fingerprint density at radius 2 is 2.24 bits per heavy atom. The van der Waals surface area contributed by atoms with Crippen LogP contribution in [0.5, 0.6) is 0 Å². The molecule has 6 heteroatoms. The van der Waals surface area contributed by atoms with Crippen LogP contribution in [-0.4, -0.2) is 45.0 Å². The second-order valence-corrected chi connectivity index (χ2v) is 6.14. The SMILES string of the molecule is CCC(C)n1nccc1NC(=O)N(C)CC1(O)CCCC1. The van der Waals surface area contributed by atoms with Gasteiger partial charge in [-0.05, 0) is 26.2 Å². The summed E-state index contributed by atoms with van der Waals surface area (Å²) >= 11 is 0. The molecule has 1 unspecified atom stereocenters. The molecule has 0 radical (unpaired) electrons. The average Bonchev–Trinajstić information content (AvgIpc) is 3.07. The Morgan fingerprint density at radius 3 is 2.86 bits per heavy atom. The lowest BCUT2D eigenvalue weighted by Crippen LogP contribution is -2.43. The number of hydrogen-bond acceptors (Lipinski definition) is 3. The Bertz CT molecular complexity index is 480. The quantitative estimate of drug-likeness (QED) is 0.877. The van der Waals surface area contributed by atoms with Gasteiger partial charge in [0.1, 0.15) is 5.82 Å². The Hall–Kier alpha value is -1.56. The Kier molecular flexibility index (Phi) is 4.88. The van der Waals surface area contributed by atoms with Gasteiger partial charge in [-0.3, -0.25) is 5.32 Å². The highest BCUT2D eigenvalue weighted by Crippen LogP contribution is 2.30. The molecule has 1 fully saturated rings. The first-order valence-corrected chi connectivity index (χ1v) is 7.73. The van der Waals surface area contributed by atoms with Gasteiger partial charge < -0.3 is 10.0 Å². The molecular weight excluding hydrogens is 268 g/mol. The number of rotatable bonds is 5. The first-order chi connectivity index (χ1) is 9.95. The molecule has 1 heterocycles. The molecular formula is C15H26N4O2. The number of carbonyl (C=O) groups is 1. The third kappa shape index (κ3) is 3.75. The molecule has 6 nitrogen and oxygen atoms in total. The lowest BCUT2D eigenvalue weighted by atomic mass is 10.0. The molecule has 0 bridgehead atoms. The van der Waals surface area contributed by atoms with E-state index in [0.29, 0.717) is 12.4 Å². The zero-order valence-corrected chi connectivity index (χ0v) is 13.2. The summed E-state index contributed by atoms with van der Waals surface area (Å²) in [6, 6.07) is 1.82. The molecule has 21 heavy (non-hydrogen) atoms. The molecule has 1 aromatic rings. The van der Waals surface area contributed by atoms with E-state index >= 15 is 0 Å². The van der Waals surface area contributed by atoms with Crippen molar-refractivity contribution in [2.24, 2.45) is 0 Å². The van der Waals surface area contributed by atoms with Gasteiger partial charge in [-0.15, -0.1) is 0 Å². The van der Waals surface area contributed by atoms with E-state index in [2.05, 4.69) is 24.3 Å². The van der Waals surface area contributed by atoms with E-state index in [1.807, 2.05) is 4.68 Å². The topological polar surface area (TPSA) is 70.4 Å². The molecule has 2 rings (SSSR count). The molecule has 1 aromatic heterocycles. The molecule has 118 valence electrons. The minimum Gasteiger partial charge on any atom is -0.388 e. The smallest absolute Gasteiger partial charge is 0.322 e. The summed E-state index contributed by atoms with van der Waals surface area (Å²) in [5.74, 6) is 0.694. The van der Waals surface area contributed by atoms with Crippen molar-refractivity contribution < 1.29 is 9.90 Å². The van der Waals surface area contributed by atoms with Crippen molar-refractivity contribution in [3.05, 3.63) is 12.3 Å². The molecule has 1 atom stereocenters. The second-order valence-electron chi connectivity index (χ2n) is 6.14. The van der Waals surface area contributed by atoms with Gasteiger partial charge in [0.05, 0.1) is 24.4 Å². The van der Waals surface area contributed by atoms with Crippen molar-refractivity contribution in [2.75, 3.05) is 18.9 Å². The van der Waals surface area contributed by atoms with Crippen molar-refractivity contribution in [1.82, 2.24) is 14.7 Å². The third-order valence-corrected chi connectivity index (χ3v) is 4.33. The zero-order valence-electron chi connectivity index (χ0n) is 13.2. The summed E-state index contributed by atoms with van der Waals surface area (Å²) in [5.41, 5.74) is -0.719. The number of anilines is 1. The van der Waals surface area contributed by atoms with E-state index in [1.54, 1.807) is 24.2 Å². The zero-order chi connectivity index (χ0) is 15.5. The van der Waals surface area contributed by atoms with Gasteiger partial charge in [-0.25, -0.2) is 9.48 Å². The third-order valence-electron chi connectivity index (χ3n) is 4.33. The fourth-order valence-electron chi connectivity index (χ4n) is 2.85. The molecule has 0 saturated heterocycles. The number of urea groups is 1. The summed E-state index contributed by atoms with van der Waals surface area (Å²) in [6.07, 6.45) is 6.25. The fourth-order valence-corrected chi connectivity index (χ4v) is 2.85. The summed E-state index contributed by atoms with van der Waals surface area (Å²) in [4.78, 5) is 13.8. The van der Waals surface area contributed by atoms with E-state index in [-0.39, 0.29) is 12.1 Å². The highest BCUT2D eigenvalue weighted by Gasteiger charge is 2.33. The summed E-state index contributed by atoms with van der Waals surface area (Å²) in [5, 5.41) is 17.5. The lowest BCUT2D eigenvalue weighted by Gasteiger charge is -2.28. The summed E-state index contributed by atoms with van der Waals surface area (Å²) in [7, 11) is 1.72. The number of hydrogen-bond donors (Lipinski definition) is 2. The number of carbonyl (C=O) groups excluding carboxylic acids is 1. The van der Waals surface area contributed by atoms with Crippen LogP contribution in [0.4, 0.5) is 10.6 Å². The van der Waals surface area contributed by atoms with Crippen LogP contribution in [0.2, 0.25) is 0 Å². The summed E-state index contributed by atoms with van der Waals surface area (Å²) < 4.78 is 1.82. The first kappa shape index (κ1) is 15.8. The minimum absolute atomic E-state index is 0.208. The molecule has 2 N–H and O–H groups in total. The van der Waals surface area contributed by atoms with E-state index in [9.17, 15) is 9.90 Å². The van der Waals surface area contributed by atoms with Crippen LogP contribution in [0.15, 0.2) is 12.3 Å². The highest BCUT2D eigenvalue weighted by molar-refractivity contribution is 5.88. The Balaban J connectivity index is 1.96. The largest absolute Gasteiger partial charge is 0.388 e. The van der Waals surface area contributed by atoms with Gasteiger partial charge in [-0.2, -0.15) is 5.10 Å². The van der Waals surface area contributed by atoms with Crippen molar-refractivity contribution in [2.45, 2.75) is 57.6 Å². The van der Waals surface area contributed by atoms with Crippen LogP contribution in [0.3, 0.4) is 0 Å². The Labute approximate surface area is 126 Å². The number of nitrogens with one attached hydrogen (secondary N) is 1. The maximum Gasteiger partial charge on any atom is 0.322 e. The number of aliphatic hydroxyl groups is 1. The maximum atomic E-state index is 12.3. The van der Waals surface area contributed by atoms with E-state index < -0.39 is 5.60 Å². The van der Waals surface area contributed by atoms with Gasteiger partial charge in [0.25, 0.3) is 0 Å². The van der Waals surface area contributed by atoms with Crippen molar-refractivity contribution in [3.63, 3.8) is 0 Å². The van der Waals surface area contributed by atoms with Crippen molar-refractivity contribution in [1.29, 1.82) is 0 Å². The molecule has 2 amide bonds. The van der Waals surface area contributed by atoms with Crippen LogP contribution in [-0.2, 0) is 0 Å². The number of aromatic nitrogens is 2. The van der Waals surface area contributed by atoms with E-state index in [0.717, 1.165) is 32.1 Å². The standard InChI is InChI=1S/C15H26N4O2/c1-4-12(2)19-13(7-10-16-19)17-14(20)18(3)11-15(21)8-5-6-9-15/h7,10,12,21H,4-6,8-9,11H2,1-3H3,(H,17,20). The van der Waals surface area contributed by atoms with Crippen LogP contribution < -0.4 is 5.32 Å². The molecule has 1 aliphatic rings. The summed E-state index contributed by atoms with van der Waals surface area (Å²) in [6.45, 7) is 4.52. The van der Waals surface area contributed by atoms with Crippen LogP contribution >= 0.6 is 0 Å². The predicted molar refractivity (Wildman–Crippen MR) is 82.3 cm³/mol. The number of amides is 2. The van der Waals surface area contributed by atoms with Gasteiger partial charge in [0, 0.05) is 13.1 Å². The molecule has 0 aliphatic heterocycles. The molecule has 0 spiro atoms. The van der Waals surface area contributed by atoms with Crippen LogP contribution in [0.25, 0.3) is 0 Å². The van der Waals surface area contributed by atoms with Gasteiger partial charge >= 0.3 is 6.03 Å². The normalized spacial score (nSPS) is 18.5. The van der Waals surface area contributed by atoms with Gasteiger partial charge in [0.2, 0.25) is 0 Å². The molecule has 0 aromatic carbocycles.